The van der Waals surface area contributed by atoms with Gasteiger partial charge in [0.05, 0.1) is 12.3 Å². The molecule has 0 aromatic rings. The molecule has 5 nitrogen and oxygen atoms in total. The Morgan fingerprint density at radius 1 is 1.62 bits per heavy atom. The van der Waals surface area contributed by atoms with Crippen LogP contribution in [0.4, 0.5) is 0 Å². The number of likely N-dealkylation sites (tertiary alicyclic amines) is 1. The molecule has 1 atom stereocenters. The molecule has 0 spiro atoms. The highest BCUT2D eigenvalue weighted by atomic mass is 32.1. The number of carboxylic acids is 1. The van der Waals surface area contributed by atoms with Crippen LogP contribution in [0, 0.1) is 0 Å². The van der Waals surface area contributed by atoms with Crippen LogP contribution in [0.2, 0.25) is 0 Å². The van der Waals surface area contributed by atoms with Crippen LogP contribution in [0.1, 0.15) is 6.42 Å². The van der Waals surface area contributed by atoms with Gasteiger partial charge in [0.25, 0.3) is 0 Å². The van der Waals surface area contributed by atoms with Gasteiger partial charge in [-0.2, -0.15) is 12.6 Å². The molecule has 0 bridgehead atoms. The van der Waals surface area contributed by atoms with E-state index in [1.165, 1.54) is 0 Å². The van der Waals surface area contributed by atoms with Gasteiger partial charge in [-0.3, -0.25) is 9.59 Å². The second-order valence-corrected chi connectivity index (χ2v) is 3.09. The number of ketones is 1. The summed E-state index contributed by atoms with van der Waals surface area (Å²) < 4.78 is 0. The van der Waals surface area contributed by atoms with Gasteiger partial charge in [0.1, 0.15) is 6.04 Å². The smallest absolute Gasteiger partial charge is 0.326 e. The Kier molecular flexibility index (Phi) is 2.92. The first-order valence-corrected chi connectivity index (χ1v) is 4.34. The monoisotopic (exact) mass is 203 g/mol. The number of thiol groups is 1. The fourth-order valence-corrected chi connectivity index (χ4v) is 1.45. The van der Waals surface area contributed by atoms with Crippen molar-refractivity contribution in [2.24, 2.45) is 0 Å². The molecular weight excluding hydrogens is 194 g/mol. The van der Waals surface area contributed by atoms with Gasteiger partial charge in [-0.1, -0.05) is 0 Å². The van der Waals surface area contributed by atoms with Crippen molar-refractivity contribution in [3.05, 3.63) is 0 Å². The molecule has 1 N–H and O–H groups in total. The molecule has 1 fully saturated rings. The maximum absolute atomic E-state index is 11.1. The van der Waals surface area contributed by atoms with Crippen LogP contribution in [-0.4, -0.2) is 46.0 Å². The number of aliphatic carboxylic acids is 1. The Bertz CT molecular complexity index is 265. The third-order valence-electron chi connectivity index (χ3n) is 1.88. The van der Waals surface area contributed by atoms with Crippen molar-refractivity contribution in [3.8, 4) is 0 Å². The molecule has 1 amide bonds. The number of Topliss-reactive ketones (excluding diaryl/α,β-unsaturated/α-hetero) is 1. The van der Waals surface area contributed by atoms with Crippen molar-refractivity contribution >= 4 is 30.3 Å². The van der Waals surface area contributed by atoms with Gasteiger partial charge < -0.3 is 10.0 Å². The number of nitrogens with zero attached hydrogens (tertiary/aromatic N) is 1. The van der Waals surface area contributed by atoms with Gasteiger partial charge in [-0.05, 0) is 0 Å². The summed E-state index contributed by atoms with van der Waals surface area (Å²) in [5.41, 5.74) is 0. The molecule has 72 valence electrons. The molecular formula is C7H9NO4S. The summed E-state index contributed by atoms with van der Waals surface area (Å²) in [6, 6.07) is -0.993. The molecule has 0 aliphatic carbocycles. The zero-order valence-electron chi connectivity index (χ0n) is 6.77. The number of carboxylic acid groups (broad SMARTS) is 1. The van der Waals surface area contributed by atoms with Gasteiger partial charge in [0.2, 0.25) is 5.91 Å². The highest BCUT2D eigenvalue weighted by Crippen LogP contribution is 2.14. The van der Waals surface area contributed by atoms with E-state index in [1.807, 2.05) is 0 Å². The molecule has 13 heavy (non-hydrogen) atoms. The predicted octanol–water partition coefficient (Wildman–Crippen LogP) is -0.829. The number of hydrogen-bond acceptors (Lipinski definition) is 4. The predicted molar refractivity (Wildman–Crippen MR) is 46.6 cm³/mol. The average Bonchev–Trinajstić information content (AvgIpc) is 2.46. The Hall–Kier alpha value is -1.04. The van der Waals surface area contributed by atoms with Crippen molar-refractivity contribution in [2.75, 3.05) is 12.3 Å². The van der Waals surface area contributed by atoms with Gasteiger partial charge in [-0.15, -0.1) is 0 Å². The third kappa shape index (κ3) is 2.00. The lowest BCUT2D eigenvalue weighted by Gasteiger charge is -2.18. The largest absolute Gasteiger partial charge is 0.480 e. The lowest BCUT2D eigenvalue weighted by atomic mass is 10.2. The fourth-order valence-electron chi connectivity index (χ4n) is 1.26. The second kappa shape index (κ2) is 3.78. The van der Waals surface area contributed by atoms with Crippen LogP contribution in [0.5, 0.6) is 0 Å². The first-order chi connectivity index (χ1) is 6.06. The minimum absolute atomic E-state index is 0.0724. The van der Waals surface area contributed by atoms with Gasteiger partial charge in [0.15, 0.2) is 5.78 Å². The van der Waals surface area contributed by atoms with Crippen LogP contribution in [0.15, 0.2) is 0 Å². The minimum Gasteiger partial charge on any atom is -0.480 e. The third-order valence-corrected chi connectivity index (χ3v) is 2.16. The summed E-state index contributed by atoms with van der Waals surface area (Å²) in [6.45, 7) is -0.101. The molecule has 1 rings (SSSR count). The molecule has 0 aromatic carbocycles. The summed E-state index contributed by atoms with van der Waals surface area (Å²) in [4.78, 5) is 33.7. The Labute approximate surface area is 80.1 Å². The molecule has 1 aliphatic rings. The second-order valence-electron chi connectivity index (χ2n) is 2.78. The molecule has 1 aliphatic heterocycles. The fraction of sp³-hybridized carbons (Fsp3) is 0.571. The zero-order chi connectivity index (χ0) is 10.0. The quantitative estimate of drug-likeness (QED) is 0.574. The van der Waals surface area contributed by atoms with Crippen LogP contribution in [-0.2, 0) is 14.4 Å². The maximum Gasteiger partial charge on any atom is 0.326 e. The standard InChI is InChI=1S/C7H9NO4S/c9-4-1-5(7(11)12)8(2-4)6(10)3-13/h5,13H,1-3H2,(H,11,12)/t5-/m0/s1. The number of hydrogen-bond donors (Lipinski definition) is 2. The van der Waals surface area contributed by atoms with E-state index in [4.69, 9.17) is 5.11 Å². The molecule has 1 heterocycles. The Balaban J connectivity index is 2.77. The molecule has 6 heteroatoms. The zero-order valence-corrected chi connectivity index (χ0v) is 7.66. The van der Waals surface area contributed by atoms with Crippen molar-refractivity contribution in [1.29, 1.82) is 0 Å². The van der Waals surface area contributed by atoms with Crippen LogP contribution in [0.3, 0.4) is 0 Å². The van der Waals surface area contributed by atoms with E-state index in [2.05, 4.69) is 12.6 Å². The summed E-state index contributed by atoms with van der Waals surface area (Å²) in [7, 11) is 0. The SMILES string of the molecule is O=C1C[C@@H](C(=O)O)N(C(=O)CS)C1. The summed E-state index contributed by atoms with van der Waals surface area (Å²) in [5, 5.41) is 8.67. The van der Waals surface area contributed by atoms with E-state index in [9.17, 15) is 14.4 Å². The summed E-state index contributed by atoms with van der Waals surface area (Å²) in [5.74, 6) is -1.85. The van der Waals surface area contributed by atoms with Crippen LogP contribution in [0.25, 0.3) is 0 Å². The Morgan fingerprint density at radius 2 is 2.23 bits per heavy atom. The molecule has 0 radical (unpaired) electrons. The number of carbonyl (C=O) groups is 3. The highest BCUT2D eigenvalue weighted by Gasteiger charge is 2.37. The number of rotatable bonds is 2. The first-order valence-electron chi connectivity index (χ1n) is 3.71. The van der Waals surface area contributed by atoms with E-state index in [0.717, 1.165) is 4.90 Å². The Morgan fingerprint density at radius 3 is 2.69 bits per heavy atom. The lowest BCUT2D eigenvalue weighted by molar-refractivity contribution is -0.147. The van der Waals surface area contributed by atoms with E-state index in [1.54, 1.807) is 0 Å². The van der Waals surface area contributed by atoms with E-state index in [0.29, 0.717) is 0 Å². The molecule has 0 aromatic heterocycles. The molecule has 0 saturated carbocycles. The van der Waals surface area contributed by atoms with E-state index < -0.39 is 17.9 Å². The van der Waals surface area contributed by atoms with Crippen molar-refractivity contribution < 1.29 is 19.5 Å². The van der Waals surface area contributed by atoms with Gasteiger partial charge in [-0.25, -0.2) is 4.79 Å². The van der Waals surface area contributed by atoms with Crippen molar-refractivity contribution in [2.45, 2.75) is 12.5 Å². The first kappa shape index (κ1) is 10.0. The van der Waals surface area contributed by atoms with E-state index in [-0.39, 0.29) is 24.5 Å². The maximum atomic E-state index is 11.1. The topological polar surface area (TPSA) is 74.7 Å². The molecule has 1 saturated heterocycles. The van der Waals surface area contributed by atoms with Gasteiger partial charge >= 0.3 is 5.97 Å². The van der Waals surface area contributed by atoms with Crippen molar-refractivity contribution in [3.63, 3.8) is 0 Å². The van der Waals surface area contributed by atoms with Crippen molar-refractivity contribution in [1.82, 2.24) is 4.90 Å². The van der Waals surface area contributed by atoms with E-state index >= 15 is 0 Å². The lowest BCUT2D eigenvalue weighted by Crippen LogP contribution is -2.41. The van der Waals surface area contributed by atoms with Crippen LogP contribution < -0.4 is 0 Å². The minimum atomic E-state index is -1.14. The summed E-state index contributed by atoms with van der Waals surface area (Å²) in [6.07, 6.45) is -0.0884. The van der Waals surface area contributed by atoms with Crippen LogP contribution >= 0.6 is 12.6 Å². The number of carbonyl (C=O) groups excluding carboxylic acids is 2. The molecule has 0 unspecified atom stereocenters. The average molecular weight is 203 g/mol. The summed E-state index contributed by atoms with van der Waals surface area (Å²) >= 11 is 3.73. The highest BCUT2D eigenvalue weighted by molar-refractivity contribution is 7.81. The number of amides is 1. The normalized spacial score (nSPS) is 22.1. The van der Waals surface area contributed by atoms with Gasteiger partial charge in [0, 0.05) is 6.42 Å².